The Kier molecular flexibility index (Phi) is 6.46. The summed E-state index contributed by atoms with van der Waals surface area (Å²) in [5.41, 5.74) is 10.2. The van der Waals surface area contributed by atoms with Crippen LogP contribution >= 0.6 is 0 Å². The molecule has 3 nitrogen and oxygen atoms in total. The van der Waals surface area contributed by atoms with E-state index >= 15 is 0 Å². The average Bonchev–Trinajstić information content (AvgIpc) is 3.47. The molecule has 0 aliphatic rings. The predicted molar refractivity (Wildman–Crippen MR) is 199 cm³/mol. The fourth-order valence-electron chi connectivity index (χ4n) is 7.05. The van der Waals surface area contributed by atoms with E-state index in [1.165, 1.54) is 32.6 Å². The third-order valence-electron chi connectivity index (χ3n) is 9.03. The van der Waals surface area contributed by atoms with Crippen LogP contribution in [0.4, 0.5) is 34.1 Å². The first-order valence-corrected chi connectivity index (χ1v) is 16.0. The van der Waals surface area contributed by atoms with E-state index in [1.54, 1.807) is 0 Å². The Morgan fingerprint density at radius 3 is 0.957 bits per heavy atom. The number of para-hydroxylation sites is 5. The molecule has 0 amide bonds. The van der Waals surface area contributed by atoms with Crippen molar-refractivity contribution in [1.82, 2.24) is 4.57 Å². The lowest BCUT2D eigenvalue weighted by Crippen LogP contribution is -2.10. The Morgan fingerprint density at radius 2 is 0.617 bits per heavy atom. The van der Waals surface area contributed by atoms with Gasteiger partial charge in [-0.3, -0.25) is 0 Å². The molecule has 9 rings (SSSR count). The van der Waals surface area contributed by atoms with Crippen LogP contribution in [0.5, 0.6) is 0 Å². The summed E-state index contributed by atoms with van der Waals surface area (Å²) in [5.74, 6) is 0. The van der Waals surface area contributed by atoms with Gasteiger partial charge in [-0.15, -0.1) is 0 Å². The molecule has 0 spiro atoms. The summed E-state index contributed by atoms with van der Waals surface area (Å²) in [6, 6.07) is 67.3. The maximum atomic E-state index is 2.44. The number of nitrogens with zero attached hydrogens (tertiary/aromatic N) is 3. The zero-order valence-electron chi connectivity index (χ0n) is 25.7. The summed E-state index contributed by atoms with van der Waals surface area (Å²) >= 11 is 0. The third kappa shape index (κ3) is 4.60. The molecule has 0 aliphatic carbocycles. The van der Waals surface area contributed by atoms with Crippen LogP contribution < -0.4 is 9.80 Å². The highest BCUT2D eigenvalue weighted by molar-refractivity contribution is 6.26. The van der Waals surface area contributed by atoms with Gasteiger partial charge < -0.3 is 14.4 Å². The summed E-state index contributed by atoms with van der Waals surface area (Å²) < 4.78 is 2.44. The Bertz CT molecular complexity index is 2200. The molecule has 0 atom stereocenters. The average molecular weight is 602 g/mol. The van der Waals surface area contributed by atoms with Gasteiger partial charge in [0.2, 0.25) is 0 Å². The predicted octanol–water partition coefficient (Wildman–Crippen LogP) is 12.3. The molecule has 9 aromatic rings. The van der Waals surface area contributed by atoms with Crippen molar-refractivity contribution in [2.75, 3.05) is 9.80 Å². The van der Waals surface area contributed by atoms with Gasteiger partial charge in [-0.1, -0.05) is 103 Å². The van der Waals surface area contributed by atoms with Gasteiger partial charge in [0.05, 0.1) is 11.0 Å². The summed E-state index contributed by atoms with van der Waals surface area (Å²) in [5, 5.41) is 5.00. The molecule has 0 unspecified atom stereocenters. The van der Waals surface area contributed by atoms with Gasteiger partial charge >= 0.3 is 0 Å². The number of anilines is 6. The summed E-state index contributed by atoms with van der Waals surface area (Å²) in [7, 11) is 0. The van der Waals surface area contributed by atoms with Crippen molar-refractivity contribution in [1.29, 1.82) is 0 Å². The quantitative estimate of drug-likeness (QED) is 0.168. The van der Waals surface area contributed by atoms with Crippen molar-refractivity contribution in [2.45, 2.75) is 0 Å². The summed E-state index contributed by atoms with van der Waals surface area (Å²) in [4.78, 5) is 4.70. The second kappa shape index (κ2) is 11.2. The van der Waals surface area contributed by atoms with Crippen molar-refractivity contribution in [2.24, 2.45) is 0 Å². The number of aromatic nitrogens is 1. The minimum atomic E-state index is 1.12. The molecular weight excluding hydrogens is 571 g/mol. The molecule has 1 aromatic heterocycles. The molecule has 1 heterocycles. The van der Waals surface area contributed by atoms with Gasteiger partial charge in [-0.25, -0.2) is 0 Å². The topological polar surface area (TPSA) is 11.4 Å². The zero-order chi connectivity index (χ0) is 31.2. The van der Waals surface area contributed by atoms with E-state index in [2.05, 4.69) is 202 Å². The Labute approximate surface area is 274 Å². The Balaban J connectivity index is 1.36. The van der Waals surface area contributed by atoms with Crippen LogP contribution in [0, 0.1) is 0 Å². The van der Waals surface area contributed by atoms with Crippen molar-refractivity contribution >= 4 is 66.7 Å². The lowest BCUT2D eigenvalue weighted by Gasteiger charge is -2.26. The van der Waals surface area contributed by atoms with Crippen molar-refractivity contribution in [3.05, 3.63) is 188 Å². The minimum absolute atomic E-state index is 1.12. The van der Waals surface area contributed by atoms with E-state index in [9.17, 15) is 0 Å². The largest absolute Gasteiger partial charge is 0.310 e. The fourth-order valence-corrected chi connectivity index (χ4v) is 7.05. The lowest BCUT2D eigenvalue weighted by molar-refractivity contribution is 1.17. The molecule has 3 heteroatoms. The van der Waals surface area contributed by atoms with Crippen LogP contribution in [0.3, 0.4) is 0 Å². The number of rotatable bonds is 7. The molecule has 8 aromatic carbocycles. The van der Waals surface area contributed by atoms with Gasteiger partial charge in [-0.2, -0.15) is 0 Å². The van der Waals surface area contributed by atoms with E-state index in [0.29, 0.717) is 0 Å². The van der Waals surface area contributed by atoms with Gasteiger partial charge in [0.15, 0.2) is 0 Å². The van der Waals surface area contributed by atoms with Gasteiger partial charge in [0, 0.05) is 50.6 Å². The number of hydrogen-bond donors (Lipinski definition) is 0. The molecule has 0 bridgehead atoms. The molecule has 47 heavy (non-hydrogen) atoms. The molecule has 0 fully saturated rings. The van der Waals surface area contributed by atoms with Gasteiger partial charge in [-0.05, 0) is 95.7 Å². The van der Waals surface area contributed by atoms with Crippen LogP contribution in [0.2, 0.25) is 0 Å². The van der Waals surface area contributed by atoms with Gasteiger partial charge in [0.1, 0.15) is 0 Å². The SMILES string of the molecule is c1ccc(N(c2ccccc2)c2cc3ccc4cc(N(c5ccccc5)c5ccccc5)cc5c4c3c(c2)n5-c2ccccc2)cc1. The normalized spacial score (nSPS) is 11.4. The first-order valence-electron chi connectivity index (χ1n) is 16.0. The van der Waals surface area contributed by atoms with Crippen LogP contribution in [-0.2, 0) is 0 Å². The summed E-state index contributed by atoms with van der Waals surface area (Å²) in [6.07, 6.45) is 0. The maximum absolute atomic E-state index is 2.44. The Hall–Kier alpha value is -6.32. The van der Waals surface area contributed by atoms with E-state index in [4.69, 9.17) is 0 Å². The standard InChI is InChI=1S/C44H31N3/c1-6-16-34(17-7-1)45(35-18-8-2-9-19-35)39-28-32-26-27-33-29-40(46(36-20-10-3-11-21-36)37-22-12-4-13-23-37)31-42-44(33)43(32)41(30-39)47(42)38-24-14-5-15-25-38/h1-31H. The highest BCUT2D eigenvalue weighted by Crippen LogP contribution is 2.46. The van der Waals surface area contributed by atoms with Crippen LogP contribution in [0.15, 0.2) is 188 Å². The van der Waals surface area contributed by atoms with Crippen molar-refractivity contribution < 1.29 is 0 Å². The van der Waals surface area contributed by atoms with E-state index in [-0.39, 0.29) is 0 Å². The molecule has 0 saturated carbocycles. The Morgan fingerprint density at radius 1 is 0.298 bits per heavy atom. The minimum Gasteiger partial charge on any atom is -0.310 e. The molecule has 0 N–H and O–H groups in total. The smallest absolute Gasteiger partial charge is 0.0568 e. The van der Waals surface area contributed by atoms with Gasteiger partial charge in [0.25, 0.3) is 0 Å². The van der Waals surface area contributed by atoms with Crippen LogP contribution in [0.25, 0.3) is 38.3 Å². The monoisotopic (exact) mass is 601 g/mol. The second-order valence-corrected chi connectivity index (χ2v) is 11.9. The maximum Gasteiger partial charge on any atom is 0.0568 e. The first kappa shape index (κ1) is 27.0. The lowest BCUT2D eigenvalue weighted by atomic mass is 10.00. The zero-order valence-corrected chi connectivity index (χ0v) is 25.7. The molecule has 222 valence electrons. The van der Waals surface area contributed by atoms with Crippen molar-refractivity contribution in [3.63, 3.8) is 0 Å². The number of hydrogen-bond acceptors (Lipinski definition) is 2. The molecule has 0 saturated heterocycles. The van der Waals surface area contributed by atoms with E-state index in [1.807, 2.05) is 0 Å². The molecular formula is C44H31N3. The first-order chi connectivity index (χ1) is 23.3. The summed E-state index contributed by atoms with van der Waals surface area (Å²) in [6.45, 7) is 0. The fraction of sp³-hybridized carbons (Fsp3) is 0. The van der Waals surface area contributed by atoms with Crippen molar-refractivity contribution in [3.8, 4) is 5.69 Å². The third-order valence-corrected chi connectivity index (χ3v) is 9.03. The number of benzene rings is 8. The van der Waals surface area contributed by atoms with Crippen LogP contribution in [-0.4, -0.2) is 4.57 Å². The molecule has 0 aliphatic heterocycles. The highest BCUT2D eigenvalue weighted by atomic mass is 15.2. The second-order valence-electron chi connectivity index (χ2n) is 11.9. The van der Waals surface area contributed by atoms with E-state index < -0.39 is 0 Å². The molecule has 0 radical (unpaired) electrons. The van der Waals surface area contributed by atoms with E-state index in [0.717, 1.165) is 39.8 Å². The highest BCUT2D eigenvalue weighted by Gasteiger charge is 2.23. The van der Waals surface area contributed by atoms with Crippen LogP contribution in [0.1, 0.15) is 0 Å².